The first-order chi connectivity index (χ1) is 9.89. The van der Waals surface area contributed by atoms with Gasteiger partial charge in [0.15, 0.2) is 0 Å². The monoisotopic (exact) mass is 350 g/mol. The quantitative estimate of drug-likeness (QED) is 0.867. The molecule has 110 valence electrons. The summed E-state index contributed by atoms with van der Waals surface area (Å²) in [6.07, 6.45) is 0.409. The molecule has 21 heavy (non-hydrogen) atoms. The molecule has 0 spiro atoms. The minimum Gasteiger partial charge on any atom is -0.371 e. The molecule has 0 fully saturated rings. The van der Waals surface area contributed by atoms with Crippen molar-refractivity contribution < 1.29 is 9.18 Å². The molecular formula is C16H16BrFN2O. The van der Waals surface area contributed by atoms with Crippen LogP contribution in [-0.2, 0) is 11.2 Å². The lowest BCUT2D eigenvalue weighted by Crippen LogP contribution is -2.49. The third-order valence-corrected chi connectivity index (χ3v) is 3.79. The second-order valence-corrected chi connectivity index (χ2v) is 6.05. The Hall–Kier alpha value is -1.88. The largest absolute Gasteiger partial charge is 0.371 e. The zero-order chi connectivity index (χ0) is 15.5. The molecule has 2 rings (SSSR count). The second kappa shape index (κ2) is 6.26. The maximum Gasteiger partial charge on any atom is 0.243 e. The van der Waals surface area contributed by atoms with Gasteiger partial charge >= 0.3 is 0 Å². The van der Waals surface area contributed by atoms with Gasteiger partial charge in [0.2, 0.25) is 5.91 Å². The summed E-state index contributed by atoms with van der Waals surface area (Å²) >= 11 is 3.37. The first-order valence-corrected chi connectivity index (χ1v) is 7.26. The Morgan fingerprint density at radius 2 is 1.95 bits per heavy atom. The van der Waals surface area contributed by atoms with Gasteiger partial charge in [0.1, 0.15) is 11.4 Å². The van der Waals surface area contributed by atoms with Crippen LogP contribution in [0.25, 0.3) is 0 Å². The first kappa shape index (κ1) is 15.5. The standard InChI is InChI=1S/C16H16BrFN2O/c1-16(15(19)21,10-11-5-7-12(17)8-6-11)20-14-4-2-3-13(18)9-14/h2-9,20H,10H2,1H3,(H2,19,21). The van der Waals surface area contributed by atoms with Crippen LogP contribution in [0.2, 0.25) is 0 Å². The number of primary amides is 1. The van der Waals surface area contributed by atoms with Crippen molar-refractivity contribution in [3.05, 3.63) is 64.4 Å². The molecular weight excluding hydrogens is 335 g/mol. The summed E-state index contributed by atoms with van der Waals surface area (Å²) in [5.41, 5.74) is 6.01. The van der Waals surface area contributed by atoms with Crippen molar-refractivity contribution in [3.63, 3.8) is 0 Å². The number of anilines is 1. The summed E-state index contributed by atoms with van der Waals surface area (Å²) in [6.45, 7) is 1.71. The molecule has 0 aliphatic rings. The van der Waals surface area contributed by atoms with E-state index in [0.717, 1.165) is 10.0 Å². The summed E-state index contributed by atoms with van der Waals surface area (Å²) in [5.74, 6) is -0.856. The second-order valence-electron chi connectivity index (χ2n) is 5.13. The highest BCUT2D eigenvalue weighted by atomic mass is 79.9. The van der Waals surface area contributed by atoms with Crippen LogP contribution in [0.15, 0.2) is 53.0 Å². The van der Waals surface area contributed by atoms with E-state index in [0.29, 0.717) is 12.1 Å². The zero-order valence-electron chi connectivity index (χ0n) is 11.6. The van der Waals surface area contributed by atoms with Gasteiger partial charge in [-0.1, -0.05) is 34.1 Å². The number of carbonyl (C=O) groups excluding carboxylic acids is 1. The smallest absolute Gasteiger partial charge is 0.243 e. The summed E-state index contributed by atoms with van der Waals surface area (Å²) in [4.78, 5) is 11.8. The van der Waals surface area contributed by atoms with Gasteiger partial charge in [-0.3, -0.25) is 4.79 Å². The van der Waals surface area contributed by atoms with Crippen molar-refractivity contribution in [2.24, 2.45) is 5.73 Å². The Kier molecular flexibility index (Phi) is 4.63. The lowest BCUT2D eigenvalue weighted by atomic mass is 9.91. The fourth-order valence-corrected chi connectivity index (χ4v) is 2.35. The summed E-state index contributed by atoms with van der Waals surface area (Å²) in [7, 11) is 0. The van der Waals surface area contributed by atoms with Crippen LogP contribution in [0.3, 0.4) is 0 Å². The number of halogens is 2. The number of nitrogens with one attached hydrogen (secondary N) is 1. The lowest BCUT2D eigenvalue weighted by molar-refractivity contribution is -0.121. The van der Waals surface area contributed by atoms with Gasteiger partial charge in [-0.2, -0.15) is 0 Å². The maximum atomic E-state index is 13.3. The molecule has 0 heterocycles. The molecule has 0 radical (unpaired) electrons. The van der Waals surface area contributed by atoms with Gasteiger partial charge in [0, 0.05) is 16.6 Å². The number of nitrogens with two attached hydrogens (primary N) is 1. The molecule has 2 aromatic carbocycles. The van der Waals surface area contributed by atoms with Crippen LogP contribution in [0.1, 0.15) is 12.5 Å². The van der Waals surface area contributed by atoms with Gasteiger partial charge in [-0.15, -0.1) is 0 Å². The number of amides is 1. The predicted octanol–water partition coefficient (Wildman–Crippen LogP) is 3.49. The highest BCUT2D eigenvalue weighted by Gasteiger charge is 2.31. The molecule has 0 saturated carbocycles. The topological polar surface area (TPSA) is 55.1 Å². The Morgan fingerprint density at radius 1 is 1.29 bits per heavy atom. The number of carbonyl (C=O) groups is 1. The number of hydrogen-bond acceptors (Lipinski definition) is 2. The van der Waals surface area contributed by atoms with Gasteiger partial charge in [-0.05, 0) is 42.8 Å². The van der Waals surface area contributed by atoms with E-state index < -0.39 is 11.4 Å². The third kappa shape index (κ3) is 4.04. The molecule has 3 nitrogen and oxygen atoms in total. The van der Waals surface area contributed by atoms with Gasteiger partial charge in [-0.25, -0.2) is 4.39 Å². The number of hydrogen-bond donors (Lipinski definition) is 2. The van der Waals surface area contributed by atoms with E-state index in [2.05, 4.69) is 21.2 Å². The van der Waals surface area contributed by atoms with Crippen LogP contribution >= 0.6 is 15.9 Å². The molecule has 0 aromatic heterocycles. The third-order valence-electron chi connectivity index (χ3n) is 3.26. The Labute approximate surface area is 131 Å². The molecule has 1 atom stereocenters. The average molecular weight is 351 g/mol. The Bertz CT molecular complexity index is 645. The van der Waals surface area contributed by atoms with Crippen molar-refractivity contribution in [1.82, 2.24) is 0 Å². The van der Waals surface area contributed by atoms with E-state index in [-0.39, 0.29) is 5.82 Å². The van der Waals surface area contributed by atoms with Crippen LogP contribution in [-0.4, -0.2) is 11.4 Å². The molecule has 1 amide bonds. The van der Waals surface area contributed by atoms with Crippen molar-refractivity contribution in [3.8, 4) is 0 Å². The van der Waals surface area contributed by atoms with Gasteiger partial charge < -0.3 is 11.1 Å². The normalized spacial score (nSPS) is 13.5. The molecule has 5 heteroatoms. The van der Waals surface area contributed by atoms with E-state index in [1.54, 1.807) is 19.1 Å². The van der Waals surface area contributed by atoms with Crippen molar-refractivity contribution in [1.29, 1.82) is 0 Å². The van der Waals surface area contributed by atoms with E-state index in [1.807, 2.05) is 24.3 Å². The fraction of sp³-hybridized carbons (Fsp3) is 0.188. The summed E-state index contributed by atoms with van der Waals surface area (Å²) in [6, 6.07) is 13.6. The lowest BCUT2D eigenvalue weighted by Gasteiger charge is -2.29. The minimum absolute atomic E-state index is 0.365. The van der Waals surface area contributed by atoms with E-state index in [4.69, 9.17) is 5.73 Å². The van der Waals surface area contributed by atoms with E-state index in [9.17, 15) is 9.18 Å². The summed E-state index contributed by atoms with van der Waals surface area (Å²) < 4.78 is 14.2. The predicted molar refractivity (Wildman–Crippen MR) is 85.5 cm³/mol. The van der Waals surface area contributed by atoms with Gasteiger partial charge in [0.25, 0.3) is 0 Å². The van der Waals surface area contributed by atoms with Crippen LogP contribution in [0, 0.1) is 5.82 Å². The van der Waals surface area contributed by atoms with Gasteiger partial charge in [0.05, 0.1) is 0 Å². The number of benzene rings is 2. The molecule has 1 unspecified atom stereocenters. The average Bonchev–Trinajstić information content (AvgIpc) is 2.41. The highest BCUT2D eigenvalue weighted by Crippen LogP contribution is 2.21. The molecule has 2 aromatic rings. The van der Waals surface area contributed by atoms with Crippen molar-refractivity contribution >= 4 is 27.5 Å². The molecule has 0 saturated heterocycles. The molecule has 0 bridgehead atoms. The minimum atomic E-state index is -0.998. The Morgan fingerprint density at radius 3 is 2.52 bits per heavy atom. The van der Waals surface area contributed by atoms with Crippen LogP contribution in [0.5, 0.6) is 0 Å². The molecule has 3 N–H and O–H groups in total. The first-order valence-electron chi connectivity index (χ1n) is 6.47. The maximum absolute atomic E-state index is 13.3. The van der Waals surface area contributed by atoms with E-state index >= 15 is 0 Å². The molecule has 0 aliphatic carbocycles. The van der Waals surface area contributed by atoms with Crippen LogP contribution < -0.4 is 11.1 Å². The fourth-order valence-electron chi connectivity index (χ4n) is 2.09. The van der Waals surface area contributed by atoms with Crippen molar-refractivity contribution in [2.45, 2.75) is 18.9 Å². The molecule has 0 aliphatic heterocycles. The van der Waals surface area contributed by atoms with Crippen molar-refractivity contribution in [2.75, 3.05) is 5.32 Å². The Balaban J connectivity index is 2.23. The number of rotatable bonds is 5. The highest BCUT2D eigenvalue weighted by molar-refractivity contribution is 9.10. The van der Waals surface area contributed by atoms with Crippen LogP contribution in [0.4, 0.5) is 10.1 Å². The summed E-state index contributed by atoms with van der Waals surface area (Å²) in [5, 5.41) is 3.03. The SMILES string of the molecule is CC(Cc1ccc(Br)cc1)(Nc1cccc(F)c1)C(N)=O. The van der Waals surface area contributed by atoms with E-state index in [1.165, 1.54) is 12.1 Å². The zero-order valence-corrected chi connectivity index (χ0v) is 13.2.